The van der Waals surface area contributed by atoms with Crippen LogP contribution in [-0.2, 0) is 4.79 Å². The number of para-hydroxylation sites is 1. The summed E-state index contributed by atoms with van der Waals surface area (Å²) in [5.41, 5.74) is 0. The van der Waals surface area contributed by atoms with Crippen molar-refractivity contribution in [2.24, 2.45) is 0 Å². The highest BCUT2D eigenvalue weighted by molar-refractivity contribution is 7.99. The molecule has 0 unspecified atom stereocenters. The lowest BCUT2D eigenvalue weighted by Crippen LogP contribution is -2.09. The quantitative estimate of drug-likeness (QED) is 0.592. The Hall–Kier alpha value is -2.40. The number of carboxylic acid groups (broad SMARTS) is 1. The fraction of sp³-hybridized carbons (Fsp3) is 0.118. The zero-order chi connectivity index (χ0) is 15.6. The summed E-state index contributed by atoms with van der Waals surface area (Å²) < 4.78 is 10.5. The third-order valence-corrected chi connectivity index (χ3v) is 3.54. The van der Waals surface area contributed by atoms with E-state index in [1.54, 1.807) is 30.2 Å². The molecule has 0 aliphatic carbocycles. The van der Waals surface area contributed by atoms with Crippen molar-refractivity contribution in [2.45, 2.75) is 4.90 Å². The molecule has 2 aromatic carbocycles. The lowest BCUT2D eigenvalue weighted by Gasteiger charge is -2.04. The van der Waals surface area contributed by atoms with Gasteiger partial charge in [-0.1, -0.05) is 18.2 Å². The van der Waals surface area contributed by atoms with Crippen molar-refractivity contribution in [3.63, 3.8) is 0 Å². The Morgan fingerprint density at radius 2 is 1.77 bits per heavy atom. The van der Waals surface area contributed by atoms with E-state index in [-0.39, 0.29) is 6.61 Å². The zero-order valence-electron chi connectivity index (χ0n) is 11.8. The van der Waals surface area contributed by atoms with Crippen LogP contribution in [0.2, 0.25) is 0 Å². The summed E-state index contributed by atoms with van der Waals surface area (Å²) in [6, 6.07) is 16.9. The van der Waals surface area contributed by atoms with Crippen molar-refractivity contribution in [3.05, 3.63) is 66.9 Å². The molecule has 0 atom stereocenters. The third kappa shape index (κ3) is 5.93. The Morgan fingerprint density at radius 1 is 1.05 bits per heavy atom. The molecule has 0 saturated heterocycles. The molecule has 0 heterocycles. The molecule has 0 fully saturated rings. The van der Waals surface area contributed by atoms with Gasteiger partial charge in [-0.3, -0.25) is 0 Å². The summed E-state index contributed by atoms with van der Waals surface area (Å²) >= 11 is 1.65. The lowest BCUT2D eigenvalue weighted by molar-refractivity contribution is -0.139. The van der Waals surface area contributed by atoms with E-state index in [0.29, 0.717) is 5.75 Å². The van der Waals surface area contributed by atoms with Crippen molar-refractivity contribution in [1.82, 2.24) is 0 Å². The van der Waals surface area contributed by atoms with Gasteiger partial charge in [0, 0.05) is 10.6 Å². The average molecular weight is 316 g/mol. The van der Waals surface area contributed by atoms with E-state index in [4.69, 9.17) is 14.6 Å². The van der Waals surface area contributed by atoms with Crippen LogP contribution in [0.3, 0.4) is 0 Å². The second kappa shape index (κ2) is 8.79. The minimum atomic E-state index is -0.984. The van der Waals surface area contributed by atoms with Gasteiger partial charge in [-0.25, -0.2) is 4.79 Å². The first-order valence-electron chi connectivity index (χ1n) is 6.68. The molecule has 0 saturated carbocycles. The van der Waals surface area contributed by atoms with Gasteiger partial charge in [0.25, 0.3) is 0 Å². The number of benzene rings is 2. The highest BCUT2D eigenvalue weighted by atomic mass is 32.2. The Kier molecular flexibility index (Phi) is 6.39. The summed E-state index contributed by atoms with van der Waals surface area (Å²) in [5.74, 6) is 1.16. The number of hydrogen-bond acceptors (Lipinski definition) is 4. The molecule has 0 bridgehead atoms. The Bertz CT molecular complexity index is 608. The van der Waals surface area contributed by atoms with Crippen molar-refractivity contribution in [1.29, 1.82) is 0 Å². The van der Waals surface area contributed by atoms with E-state index in [1.165, 1.54) is 0 Å². The summed E-state index contributed by atoms with van der Waals surface area (Å²) in [5, 5.41) is 8.53. The van der Waals surface area contributed by atoms with Crippen LogP contribution in [0.4, 0.5) is 0 Å². The zero-order valence-corrected chi connectivity index (χ0v) is 12.7. The van der Waals surface area contributed by atoms with Crippen LogP contribution < -0.4 is 9.47 Å². The van der Waals surface area contributed by atoms with E-state index in [9.17, 15) is 4.79 Å². The maximum atomic E-state index is 10.4. The number of thioether (sulfide) groups is 1. The Morgan fingerprint density at radius 3 is 2.45 bits per heavy atom. The maximum absolute atomic E-state index is 10.4. The fourth-order valence-corrected chi connectivity index (χ4v) is 2.28. The number of hydrogen-bond donors (Lipinski definition) is 1. The molecule has 2 aromatic rings. The standard InChI is InChI=1S/C17H16O4S/c18-17(19)13-21-15-7-9-16(10-8-15)22-12-4-11-20-14-5-2-1-3-6-14/h1-11H,12-13H2,(H,18,19). The highest BCUT2D eigenvalue weighted by Gasteiger charge is 1.99. The van der Waals surface area contributed by atoms with E-state index >= 15 is 0 Å². The van der Waals surface area contributed by atoms with E-state index < -0.39 is 5.97 Å². The van der Waals surface area contributed by atoms with Crippen LogP contribution in [-0.4, -0.2) is 23.4 Å². The molecule has 5 heteroatoms. The summed E-state index contributed by atoms with van der Waals surface area (Å²) in [6.45, 7) is -0.327. The van der Waals surface area contributed by atoms with Gasteiger partial charge in [0.15, 0.2) is 6.61 Å². The molecule has 0 aliphatic rings. The fourth-order valence-electron chi connectivity index (χ4n) is 1.59. The smallest absolute Gasteiger partial charge is 0.341 e. The van der Waals surface area contributed by atoms with Crippen molar-refractivity contribution in [2.75, 3.05) is 12.4 Å². The van der Waals surface area contributed by atoms with Crippen LogP contribution in [0.25, 0.3) is 0 Å². The molecule has 4 nitrogen and oxygen atoms in total. The number of carbonyl (C=O) groups is 1. The molecule has 0 amide bonds. The van der Waals surface area contributed by atoms with Crippen LogP contribution in [0.15, 0.2) is 71.8 Å². The van der Waals surface area contributed by atoms with Crippen LogP contribution in [0.1, 0.15) is 0 Å². The van der Waals surface area contributed by atoms with Crippen molar-refractivity contribution >= 4 is 17.7 Å². The second-order valence-electron chi connectivity index (χ2n) is 4.27. The van der Waals surface area contributed by atoms with Crippen molar-refractivity contribution < 1.29 is 19.4 Å². The van der Waals surface area contributed by atoms with E-state index in [2.05, 4.69) is 0 Å². The number of rotatable bonds is 8. The number of aliphatic carboxylic acids is 1. The molecule has 0 aliphatic heterocycles. The topological polar surface area (TPSA) is 55.8 Å². The summed E-state index contributed by atoms with van der Waals surface area (Å²) in [4.78, 5) is 11.5. The molecular formula is C17H16O4S. The molecular weight excluding hydrogens is 300 g/mol. The minimum absolute atomic E-state index is 0.327. The van der Waals surface area contributed by atoms with Gasteiger partial charge in [0.05, 0.1) is 6.26 Å². The van der Waals surface area contributed by atoms with Gasteiger partial charge in [-0.15, -0.1) is 11.8 Å². The first-order chi connectivity index (χ1) is 10.7. The Labute approximate surface area is 133 Å². The molecule has 0 spiro atoms. The van der Waals surface area contributed by atoms with E-state index in [0.717, 1.165) is 16.4 Å². The molecule has 1 N–H and O–H groups in total. The minimum Gasteiger partial charge on any atom is -0.482 e. The van der Waals surface area contributed by atoms with Gasteiger partial charge < -0.3 is 14.6 Å². The Balaban J connectivity index is 1.71. The van der Waals surface area contributed by atoms with Crippen LogP contribution in [0.5, 0.6) is 11.5 Å². The van der Waals surface area contributed by atoms with Gasteiger partial charge >= 0.3 is 5.97 Å². The SMILES string of the molecule is O=C(O)COc1ccc(SCC=COc2ccccc2)cc1. The predicted octanol–water partition coefficient (Wildman–Crippen LogP) is 3.83. The lowest BCUT2D eigenvalue weighted by atomic mass is 10.3. The van der Waals surface area contributed by atoms with Gasteiger partial charge in [-0.2, -0.15) is 0 Å². The summed E-state index contributed by atoms with van der Waals surface area (Å²) in [6.07, 6.45) is 3.61. The maximum Gasteiger partial charge on any atom is 0.341 e. The highest BCUT2D eigenvalue weighted by Crippen LogP contribution is 2.21. The summed E-state index contributed by atoms with van der Waals surface area (Å²) in [7, 11) is 0. The van der Waals surface area contributed by atoms with Crippen LogP contribution >= 0.6 is 11.8 Å². The molecule has 114 valence electrons. The third-order valence-electron chi connectivity index (χ3n) is 2.58. The monoisotopic (exact) mass is 316 g/mol. The van der Waals surface area contributed by atoms with Crippen molar-refractivity contribution in [3.8, 4) is 11.5 Å². The van der Waals surface area contributed by atoms with Crippen LogP contribution in [0, 0.1) is 0 Å². The first-order valence-corrected chi connectivity index (χ1v) is 7.67. The second-order valence-corrected chi connectivity index (χ2v) is 5.36. The number of ether oxygens (including phenoxy) is 2. The normalized spacial score (nSPS) is 10.5. The predicted molar refractivity (Wildman–Crippen MR) is 86.5 cm³/mol. The van der Waals surface area contributed by atoms with Gasteiger partial charge in [0.1, 0.15) is 11.5 Å². The van der Waals surface area contributed by atoms with E-state index in [1.807, 2.05) is 48.5 Å². The molecule has 0 radical (unpaired) electrons. The number of carboxylic acids is 1. The first kappa shape index (κ1) is 16.0. The largest absolute Gasteiger partial charge is 0.482 e. The molecule has 22 heavy (non-hydrogen) atoms. The average Bonchev–Trinajstić information content (AvgIpc) is 2.54. The van der Waals surface area contributed by atoms with Gasteiger partial charge in [-0.05, 0) is 42.5 Å². The van der Waals surface area contributed by atoms with Gasteiger partial charge in [0.2, 0.25) is 0 Å². The molecule has 2 rings (SSSR count). The molecule has 0 aromatic heterocycles.